The van der Waals surface area contributed by atoms with Crippen LogP contribution in [-0.4, -0.2) is 38.3 Å². The molecule has 2 rings (SSSR count). The Balaban J connectivity index is 1.97. The SMILES string of the molecule is NC(=O)C(CNS(=O)(=O)N1CCCC1)Cc1ccc(F)cc1. The van der Waals surface area contributed by atoms with Crippen molar-refractivity contribution in [2.45, 2.75) is 19.3 Å². The van der Waals surface area contributed by atoms with Gasteiger partial charge in [0.1, 0.15) is 5.82 Å². The highest BCUT2D eigenvalue weighted by Gasteiger charge is 2.27. The fourth-order valence-electron chi connectivity index (χ4n) is 2.40. The number of primary amides is 1. The predicted octanol–water partition coefficient (Wildman–Crippen LogP) is 0.400. The molecular formula is C14H20FN3O3S. The number of nitrogens with one attached hydrogen (secondary N) is 1. The summed E-state index contributed by atoms with van der Waals surface area (Å²) in [5.41, 5.74) is 6.06. The van der Waals surface area contributed by atoms with Gasteiger partial charge >= 0.3 is 0 Å². The Morgan fingerprint density at radius 2 is 1.86 bits per heavy atom. The molecular weight excluding hydrogens is 309 g/mol. The summed E-state index contributed by atoms with van der Waals surface area (Å²) in [4.78, 5) is 11.5. The lowest BCUT2D eigenvalue weighted by molar-refractivity contribution is -0.121. The quantitative estimate of drug-likeness (QED) is 0.758. The van der Waals surface area contributed by atoms with Gasteiger partial charge in [0.15, 0.2) is 0 Å². The zero-order valence-electron chi connectivity index (χ0n) is 12.2. The number of hydrogen-bond acceptors (Lipinski definition) is 3. The Labute approximate surface area is 129 Å². The van der Waals surface area contributed by atoms with Crippen LogP contribution in [0.25, 0.3) is 0 Å². The normalized spacial score (nSPS) is 17.5. The third kappa shape index (κ3) is 4.49. The van der Waals surface area contributed by atoms with Crippen molar-refractivity contribution in [1.29, 1.82) is 0 Å². The summed E-state index contributed by atoms with van der Waals surface area (Å²) >= 11 is 0. The maximum atomic E-state index is 12.9. The highest BCUT2D eigenvalue weighted by atomic mass is 32.2. The van der Waals surface area contributed by atoms with Crippen LogP contribution < -0.4 is 10.5 Å². The van der Waals surface area contributed by atoms with E-state index in [1.165, 1.54) is 16.4 Å². The molecule has 1 aromatic carbocycles. The molecule has 0 aromatic heterocycles. The summed E-state index contributed by atoms with van der Waals surface area (Å²) in [6.45, 7) is 0.925. The molecule has 22 heavy (non-hydrogen) atoms. The number of amides is 1. The van der Waals surface area contributed by atoms with Crippen molar-refractivity contribution < 1.29 is 17.6 Å². The van der Waals surface area contributed by atoms with Crippen LogP contribution >= 0.6 is 0 Å². The van der Waals surface area contributed by atoms with Crippen molar-refractivity contribution >= 4 is 16.1 Å². The first-order chi connectivity index (χ1) is 10.4. The molecule has 0 radical (unpaired) electrons. The van der Waals surface area contributed by atoms with Gasteiger partial charge in [0, 0.05) is 19.6 Å². The third-order valence-electron chi connectivity index (χ3n) is 3.71. The molecule has 1 atom stereocenters. The van der Waals surface area contributed by atoms with E-state index in [0.717, 1.165) is 18.4 Å². The number of halogens is 1. The number of hydrogen-bond donors (Lipinski definition) is 2. The van der Waals surface area contributed by atoms with E-state index in [1.54, 1.807) is 12.1 Å². The molecule has 3 N–H and O–H groups in total. The van der Waals surface area contributed by atoms with Crippen LogP contribution in [0.3, 0.4) is 0 Å². The first-order valence-corrected chi connectivity index (χ1v) is 8.61. The molecule has 6 nitrogen and oxygen atoms in total. The smallest absolute Gasteiger partial charge is 0.279 e. The van der Waals surface area contributed by atoms with E-state index in [-0.39, 0.29) is 18.8 Å². The number of rotatable bonds is 7. The van der Waals surface area contributed by atoms with Gasteiger partial charge < -0.3 is 5.73 Å². The molecule has 0 aliphatic carbocycles. The molecule has 0 spiro atoms. The Morgan fingerprint density at radius 3 is 2.41 bits per heavy atom. The van der Waals surface area contributed by atoms with Crippen LogP contribution in [0.1, 0.15) is 18.4 Å². The van der Waals surface area contributed by atoms with Gasteiger partial charge in [0.05, 0.1) is 5.92 Å². The molecule has 0 bridgehead atoms. The summed E-state index contributed by atoms with van der Waals surface area (Å²) in [6, 6.07) is 5.70. The largest absolute Gasteiger partial charge is 0.369 e. The monoisotopic (exact) mass is 329 g/mol. The van der Waals surface area contributed by atoms with Crippen molar-refractivity contribution in [3.63, 3.8) is 0 Å². The van der Waals surface area contributed by atoms with Gasteiger partial charge in [-0.15, -0.1) is 0 Å². The molecule has 1 saturated heterocycles. The predicted molar refractivity (Wildman–Crippen MR) is 80.5 cm³/mol. The van der Waals surface area contributed by atoms with Gasteiger partial charge in [-0.3, -0.25) is 4.79 Å². The maximum Gasteiger partial charge on any atom is 0.279 e. The van der Waals surface area contributed by atoms with Crippen LogP contribution in [-0.2, 0) is 21.4 Å². The topological polar surface area (TPSA) is 92.5 Å². The molecule has 0 saturated carbocycles. The van der Waals surface area contributed by atoms with Crippen molar-refractivity contribution in [1.82, 2.24) is 9.03 Å². The highest BCUT2D eigenvalue weighted by Crippen LogP contribution is 2.13. The van der Waals surface area contributed by atoms with Gasteiger partial charge in [-0.2, -0.15) is 12.7 Å². The summed E-state index contributed by atoms with van der Waals surface area (Å²) < 4.78 is 40.8. The molecule has 1 fully saturated rings. The second-order valence-electron chi connectivity index (χ2n) is 5.39. The maximum absolute atomic E-state index is 12.9. The van der Waals surface area contributed by atoms with Gasteiger partial charge in [0.2, 0.25) is 5.91 Å². The van der Waals surface area contributed by atoms with Crippen LogP contribution in [0.15, 0.2) is 24.3 Å². The lowest BCUT2D eigenvalue weighted by Gasteiger charge is -2.19. The Hall–Kier alpha value is -1.51. The first-order valence-electron chi connectivity index (χ1n) is 7.17. The highest BCUT2D eigenvalue weighted by molar-refractivity contribution is 7.87. The van der Waals surface area contributed by atoms with E-state index >= 15 is 0 Å². The molecule has 1 aliphatic rings. The van der Waals surface area contributed by atoms with Crippen molar-refractivity contribution in [2.24, 2.45) is 11.7 Å². The fraction of sp³-hybridized carbons (Fsp3) is 0.500. The average molecular weight is 329 g/mol. The van der Waals surface area contributed by atoms with Gasteiger partial charge in [0.25, 0.3) is 10.2 Å². The van der Waals surface area contributed by atoms with Crippen LogP contribution in [0.4, 0.5) is 4.39 Å². The Morgan fingerprint density at radius 1 is 1.27 bits per heavy atom. The molecule has 122 valence electrons. The molecule has 1 aromatic rings. The number of carbonyl (C=O) groups is 1. The van der Waals surface area contributed by atoms with E-state index < -0.39 is 22.0 Å². The van der Waals surface area contributed by atoms with Crippen molar-refractivity contribution in [3.8, 4) is 0 Å². The fourth-order valence-corrected chi connectivity index (χ4v) is 3.74. The minimum atomic E-state index is -3.57. The van der Waals surface area contributed by atoms with Crippen molar-refractivity contribution in [3.05, 3.63) is 35.6 Å². The van der Waals surface area contributed by atoms with Crippen molar-refractivity contribution in [2.75, 3.05) is 19.6 Å². The average Bonchev–Trinajstić information content (AvgIpc) is 3.00. The number of nitrogens with two attached hydrogens (primary N) is 1. The van der Waals surface area contributed by atoms with E-state index in [9.17, 15) is 17.6 Å². The van der Waals surface area contributed by atoms with E-state index in [2.05, 4.69) is 4.72 Å². The molecule has 1 amide bonds. The lowest BCUT2D eigenvalue weighted by Crippen LogP contribution is -2.43. The number of nitrogens with zero attached hydrogens (tertiary/aromatic N) is 1. The number of benzene rings is 1. The summed E-state index contributed by atoms with van der Waals surface area (Å²) in [7, 11) is -3.57. The second kappa shape index (κ2) is 7.17. The molecule has 8 heteroatoms. The first kappa shape index (κ1) is 16.9. The molecule has 1 aliphatic heterocycles. The zero-order valence-corrected chi connectivity index (χ0v) is 13.0. The molecule has 1 unspecified atom stereocenters. The van der Waals surface area contributed by atoms with Crippen LogP contribution in [0.2, 0.25) is 0 Å². The lowest BCUT2D eigenvalue weighted by atomic mass is 9.99. The van der Waals surface area contributed by atoms with Crippen LogP contribution in [0, 0.1) is 11.7 Å². The Bertz CT molecular complexity index is 613. The minimum Gasteiger partial charge on any atom is -0.369 e. The Kier molecular flexibility index (Phi) is 5.49. The zero-order chi connectivity index (χ0) is 16.2. The number of carbonyl (C=O) groups excluding carboxylic acids is 1. The summed E-state index contributed by atoms with van der Waals surface area (Å²) in [5.74, 6) is -1.63. The second-order valence-corrected chi connectivity index (χ2v) is 7.14. The molecule has 1 heterocycles. The van der Waals surface area contributed by atoms with Gasteiger partial charge in [-0.25, -0.2) is 9.11 Å². The van der Waals surface area contributed by atoms with Crippen LogP contribution in [0.5, 0.6) is 0 Å². The summed E-state index contributed by atoms with van der Waals surface area (Å²) in [6.07, 6.45) is 1.95. The van der Waals surface area contributed by atoms with Gasteiger partial charge in [-0.05, 0) is 37.0 Å². The van der Waals surface area contributed by atoms with E-state index in [4.69, 9.17) is 5.73 Å². The van der Waals surface area contributed by atoms with E-state index in [0.29, 0.717) is 13.1 Å². The third-order valence-corrected chi connectivity index (χ3v) is 5.29. The van der Waals surface area contributed by atoms with Gasteiger partial charge in [-0.1, -0.05) is 12.1 Å². The van der Waals surface area contributed by atoms with E-state index in [1.807, 2.05) is 0 Å². The standard InChI is InChI=1S/C14H20FN3O3S/c15-13-5-3-11(4-6-13)9-12(14(16)19)10-17-22(20,21)18-7-1-2-8-18/h3-6,12,17H,1-2,7-10H2,(H2,16,19). The minimum absolute atomic E-state index is 0.0639. The summed E-state index contributed by atoms with van der Waals surface area (Å²) in [5, 5.41) is 0.